The summed E-state index contributed by atoms with van der Waals surface area (Å²) in [6, 6.07) is 3.19. The van der Waals surface area contributed by atoms with Crippen molar-refractivity contribution in [1.29, 1.82) is 0 Å². The largest absolute Gasteiger partial charge is 0.481 e. The van der Waals surface area contributed by atoms with Crippen molar-refractivity contribution in [3.05, 3.63) is 18.4 Å². The number of hydrogen-bond donors (Lipinski definition) is 2. The van der Waals surface area contributed by atoms with Crippen molar-refractivity contribution >= 4 is 41.5 Å². The molecule has 10 nitrogen and oxygen atoms in total. The Balaban J connectivity index is 1.87. The highest BCUT2D eigenvalue weighted by Crippen LogP contribution is 2.50. The Labute approximate surface area is 158 Å². The minimum Gasteiger partial charge on any atom is -0.481 e. The molecule has 11 heteroatoms. The molecule has 2 aliphatic rings. The lowest BCUT2D eigenvalue weighted by molar-refractivity contribution is -0.165. The number of carboxylic acids is 1. The van der Waals surface area contributed by atoms with Gasteiger partial charge in [-0.25, -0.2) is 4.79 Å². The zero-order valence-electron chi connectivity index (χ0n) is 14.7. The number of nitrogens with zero attached hydrogens (tertiary/aromatic N) is 2. The van der Waals surface area contributed by atoms with Crippen molar-refractivity contribution < 1.29 is 33.4 Å². The molecule has 2 fully saturated rings. The van der Waals surface area contributed by atoms with Gasteiger partial charge >= 0.3 is 12.1 Å². The zero-order chi connectivity index (χ0) is 20.0. The minimum atomic E-state index is -1.46. The second-order valence-electron chi connectivity index (χ2n) is 6.74. The fraction of sp³-hybridized carbons (Fsp3) is 0.500. The van der Waals surface area contributed by atoms with Gasteiger partial charge < -0.3 is 24.9 Å². The molecule has 0 aromatic carbocycles. The van der Waals surface area contributed by atoms with Crippen molar-refractivity contribution in [3.63, 3.8) is 0 Å². The van der Waals surface area contributed by atoms with Crippen LogP contribution < -0.4 is 10.6 Å². The molecule has 0 bridgehead atoms. The number of hydrogen-bond acceptors (Lipinski definition) is 7. The average Bonchev–Trinajstić information content (AvgIpc) is 3.12. The number of β-lactam (4-membered cyclic amide) rings is 1. The van der Waals surface area contributed by atoms with Crippen LogP contribution in [0.1, 0.15) is 13.8 Å². The number of nitrogens with two attached hydrogens (primary N) is 1. The molecule has 0 saturated carbocycles. The summed E-state index contributed by atoms with van der Waals surface area (Å²) in [6.07, 6.45) is 0.322. The summed E-state index contributed by atoms with van der Waals surface area (Å²) in [4.78, 5) is 50.6. The van der Waals surface area contributed by atoms with Gasteiger partial charge in [0, 0.05) is 25.3 Å². The number of furan rings is 1. The first-order valence-corrected chi connectivity index (χ1v) is 9.11. The van der Waals surface area contributed by atoms with E-state index in [2.05, 4.69) is 0 Å². The van der Waals surface area contributed by atoms with Crippen LogP contribution >= 0.6 is 11.8 Å². The topological polar surface area (TPSA) is 143 Å². The highest BCUT2D eigenvalue weighted by Gasteiger charge is 2.67. The van der Waals surface area contributed by atoms with Crippen molar-refractivity contribution in [1.82, 2.24) is 4.90 Å². The molecule has 1 aromatic rings. The summed E-state index contributed by atoms with van der Waals surface area (Å²) in [5, 5.41) is 9.17. The molecule has 3 rings (SSSR count). The first kappa shape index (κ1) is 19.1. The molecule has 146 valence electrons. The molecule has 2 unspecified atom stereocenters. The number of primary amides is 1. The Hall–Kier alpha value is -2.69. The summed E-state index contributed by atoms with van der Waals surface area (Å²) in [6.45, 7) is 2.37. The van der Waals surface area contributed by atoms with Crippen molar-refractivity contribution in [2.45, 2.75) is 24.8 Å². The van der Waals surface area contributed by atoms with Crippen LogP contribution in [0.25, 0.3) is 0 Å². The van der Waals surface area contributed by atoms with Gasteiger partial charge in [-0.2, -0.15) is 0 Å². The second kappa shape index (κ2) is 6.48. The van der Waals surface area contributed by atoms with E-state index >= 15 is 0 Å². The maximum Gasteiger partial charge on any atom is 0.404 e. The Morgan fingerprint density at radius 1 is 1.52 bits per heavy atom. The minimum absolute atomic E-state index is 0.0869. The van der Waals surface area contributed by atoms with E-state index in [1.54, 1.807) is 19.1 Å². The number of rotatable bonds is 5. The molecule has 0 radical (unpaired) electrons. The van der Waals surface area contributed by atoms with E-state index in [9.17, 15) is 24.3 Å². The summed E-state index contributed by atoms with van der Waals surface area (Å²) >= 11 is 1.21. The van der Waals surface area contributed by atoms with Gasteiger partial charge in [-0.1, -0.05) is 0 Å². The Bertz CT molecular complexity index is 798. The fourth-order valence-electron chi connectivity index (χ4n) is 3.56. The number of aliphatic carboxylic acids is 1. The van der Waals surface area contributed by atoms with Crippen molar-refractivity contribution in [2.75, 3.05) is 23.8 Å². The lowest BCUT2D eigenvalue weighted by atomic mass is 9.82. The van der Waals surface area contributed by atoms with Gasteiger partial charge in [0.15, 0.2) is 5.54 Å². The summed E-state index contributed by atoms with van der Waals surface area (Å²) in [5.74, 6) is -1.63. The number of thioether (sulfide) groups is 1. The van der Waals surface area contributed by atoms with E-state index in [1.165, 1.54) is 34.7 Å². The summed E-state index contributed by atoms with van der Waals surface area (Å²) < 4.78 is 10.0. The molecule has 2 aliphatic heterocycles. The van der Waals surface area contributed by atoms with Crippen LogP contribution in [-0.2, 0) is 19.1 Å². The Kier molecular flexibility index (Phi) is 4.58. The molecule has 3 heterocycles. The van der Waals surface area contributed by atoms with Crippen LogP contribution in [-0.4, -0.2) is 63.7 Å². The predicted octanol–water partition coefficient (Wildman–Crippen LogP) is 0.473. The third-order valence-corrected chi connectivity index (χ3v) is 6.65. The molecule has 3 N–H and O–H groups in total. The molecule has 27 heavy (non-hydrogen) atoms. The van der Waals surface area contributed by atoms with Gasteiger partial charge in [-0.15, -0.1) is 11.8 Å². The lowest BCUT2D eigenvalue weighted by Gasteiger charge is -2.61. The van der Waals surface area contributed by atoms with Crippen LogP contribution in [0.5, 0.6) is 0 Å². The van der Waals surface area contributed by atoms with Gasteiger partial charge in [0.1, 0.15) is 17.4 Å². The van der Waals surface area contributed by atoms with E-state index in [1.807, 2.05) is 0 Å². The number of carboxylic acid groups (broad SMARTS) is 1. The fourth-order valence-corrected chi connectivity index (χ4v) is 5.22. The van der Waals surface area contributed by atoms with E-state index in [4.69, 9.17) is 14.9 Å². The van der Waals surface area contributed by atoms with Crippen LogP contribution in [0.15, 0.2) is 22.8 Å². The maximum atomic E-state index is 13.0. The summed E-state index contributed by atoms with van der Waals surface area (Å²) in [5.41, 5.74) is 2.28. The van der Waals surface area contributed by atoms with Gasteiger partial charge in [-0.3, -0.25) is 19.3 Å². The van der Waals surface area contributed by atoms with Crippen LogP contribution in [0, 0.1) is 5.41 Å². The molecular weight excluding hydrogens is 378 g/mol. The SMILES string of the molecule is CC(=O)N(c1ccco1)C1(C)C(=O)N2CC(COC(N)=O)(C(=O)O)CS[C@@H]21. The lowest BCUT2D eigenvalue weighted by Crippen LogP contribution is -2.81. The van der Waals surface area contributed by atoms with E-state index in [-0.39, 0.29) is 24.1 Å². The van der Waals surface area contributed by atoms with Crippen molar-refractivity contribution in [3.8, 4) is 0 Å². The van der Waals surface area contributed by atoms with Crippen LogP contribution in [0.2, 0.25) is 0 Å². The van der Waals surface area contributed by atoms with Gasteiger partial charge in [0.05, 0.1) is 6.26 Å². The maximum absolute atomic E-state index is 13.0. The van der Waals surface area contributed by atoms with Crippen LogP contribution in [0.4, 0.5) is 10.7 Å². The second-order valence-corrected chi connectivity index (χ2v) is 7.81. The van der Waals surface area contributed by atoms with E-state index in [0.29, 0.717) is 0 Å². The zero-order valence-corrected chi connectivity index (χ0v) is 15.5. The molecule has 3 atom stereocenters. The average molecular weight is 397 g/mol. The Morgan fingerprint density at radius 2 is 2.22 bits per heavy atom. The van der Waals surface area contributed by atoms with Crippen molar-refractivity contribution in [2.24, 2.45) is 11.1 Å². The third-order valence-electron chi connectivity index (χ3n) is 4.90. The molecule has 1 aromatic heterocycles. The molecule has 2 saturated heterocycles. The standard InChI is InChI=1S/C16H19N3O7S/c1-9(20)19(10-4-3-5-25-10)15(2)11(21)18-6-16(13(22)23,7-26-14(17)24)8-27-12(15)18/h3-5,12H,6-8H2,1-2H3,(H2,17,24)(H,22,23)/t12-,15?,16?/m1/s1. The highest BCUT2D eigenvalue weighted by molar-refractivity contribution is 8.00. The first-order chi connectivity index (χ1) is 12.6. The number of ether oxygens (including phenoxy) is 1. The number of amides is 3. The van der Waals surface area contributed by atoms with Gasteiger partial charge in [0.2, 0.25) is 11.8 Å². The monoisotopic (exact) mass is 397 g/mol. The number of fused-ring (bicyclic) bond motifs is 1. The predicted molar refractivity (Wildman–Crippen MR) is 93.8 cm³/mol. The number of anilines is 1. The van der Waals surface area contributed by atoms with E-state index < -0.39 is 40.9 Å². The summed E-state index contributed by atoms with van der Waals surface area (Å²) in [7, 11) is 0. The first-order valence-electron chi connectivity index (χ1n) is 8.06. The quantitative estimate of drug-likeness (QED) is 0.683. The van der Waals surface area contributed by atoms with E-state index in [0.717, 1.165) is 0 Å². The normalized spacial score (nSPS) is 29.5. The van der Waals surface area contributed by atoms with Gasteiger partial charge in [-0.05, 0) is 13.0 Å². The number of carbonyl (C=O) groups excluding carboxylic acids is 3. The van der Waals surface area contributed by atoms with Crippen LogP contribution in [0.3, 0.4) is 0 Å². The van der Waals surface area contributed by atoms with Gasteiger partial charge in [0.25, 0.3) is 5.91 Å². The molecule has 0 spiro atoms. The molecular formula is C16H19N3O7S. The smallest absolute Gasteiger partial charge is 0.404 e. The molecule has 3 amide bonds. The number of carbonyl (C=O) groups is 4. The highest BCUT2D eigenvalue weighted by atomic mass is 32.2. The Morgan fingerprint density at radius 3 is 2.74 bits per heavy atom. The molecule has 0 aliphatic carbocycles. The third kappa shape index (κ3) is 2.82.